The number of hydrogen-bond acceptors (Lipinski definition) is 3. The van der Waals surface area contributed by atoms with Crippen LogP contribution in [0.3, 0.4) is 0 Å². The van der Waals surface area contributed by atoms with Crippen molar-refractivity contribution < 1.29 is 0 Å². The topological polar surface area (TPSA) is 56.7 Å². The molecule has 0 fully saturated rings. The van der Waals surface area contributed by atoms with Crippen molar-refractivity contribution in [3.8, 4) is 0 Å². The third kappa shape index (κ3) is 3.43. The number of pyridine rings is 1. The summed E-state index contributed by atoms with van der Waals surface area (Å²) in [6, 6.07) is 21.0. The molecule has 0 saturated carbocycles. The summed E-state index contributed by atoms with van der Waals surface area (Å²) in [5.74, 6) is 1.55. The highest BCUT2D eigenvalue weighted by Crippen LogP contribution is 2.27. The van der Waals surface area contributed by atoms with E-state index in [1.54, 1.807) is 0 Å². The zero-order chi connectivity index (χ0) is 18.8. The molecular formula is C23H24N4. The third-order valence-corrected chi connectivity index (χ3v) is 5.15. The van der Waals surface area contributed by atoms with Crippen LogP contribution in [-0.4, -0.2) is 14.5 Å². The monoisotopic (exact) mass is 356 g/mol. The Morgan fingerprint density at radius 1 is 0.852 bits per heavy atom. The van der Waals surface area contributed by atoms with Crippen LogP contribution in [-0.2, 0) is 19.4 Å². The van der Waals surface area contributed by atoms with Crippen LogP contribution in [0.2, 0.25) is 0 Å². The standard InChI is InChI=1S/C23H24N4/c1-16-17(2)25-23(24)21-22(16)27(14-13-18-9-5-3-6-10-18)20(26-21)15-19-11-7-4-8-12-19/h3-12H,13-15H2,1-2H3,(H2,24,25). The predicted molar refractivity (Wildman–Crippen MR) is 111 cm³/mol. The minimum atomic E-state index is 0.515. The summed E-state index contributed by atoms with van der Waals surface area (Å²) < 4.78 is 2.33. The van der Waals surface area contributed by atoms with Crippen molar-refractivity contribution in [3.63, 3.8) is 0 Å². The largest absolute Gasteiger partial charge is 0.382 e. The zero-order valence-electron chi connectivity index (χ0n) is 15.8. The van der Waals surface area contributed by atoms with Gasteiger partial charge in [-0.15, -0.1) is 0 Å². The molecule has 2 aromatic carbocycles. The maximum Gasteiger partial charge on any atom is 0.151 e. The van der Waals surface area contributed by atoms with Gasteiger partial charge in [0.25, 0.3) is 0 Å². The maximum absolute atomic E-state index is 6.22. The molecule has 0 aliphatic carbocycles. The minimum Gasteiger partial charge on any atom is -0.382 e. The van der Waals surface area contributed by atoms with E-state index < -0.39 is 0 Å². The molecule has 4 heteroatoms. The van der Waals surface area contributed by atoms with Crippen molar-refractivity contribution in [1.29, 1.82) is 0 Å². The maximum atomic E-state index is 6.22. The van der Waals surface area contributed by atoms with Gasteiger partial charge in [-0.25, -0.2) is 9.97 Å². The lowest BCUT2D eigenvalue weighted by Crippen LogP contribution is -2.08. The molecule has 0 saturated heterocycles. The highest BCUT2D eigenvalue weighted by molar-refractivity contribution is 5.88. The second kappa shape index (κ2) is 7.23. The van der Waals surface area contributed by atoms with E-state index in [1.807, 2.05) is 13.0 Å². The van der Waals surface area contributed by atoms with Crippen LogP contribution >= 0.6 is 0 Å². The SMILES string of the molecule is Cc1nc(N)c2nc(Cc3ccccc3)n(CCc3ccccc3)c2c1C. The fourth-order valence-corrected chi connectivity index (χ4v) is 3.59. The van der Waals surface area contributed by atoms with Crippen LogP contribution in [0.1, 0.15) is 28.2 Å². The van der Waals surface area contributed by atoms with Crippen LogP contribution < -0.4 is 5.73 Å². The molecule has 0 amide bonds. The van der Waals surface area contributed by atoms with Gasteiger partial charge in [-0.3, -0.25) is 0 Å². The first-order valence-electron chi connectivity index (χ1n) is 9.33. The van der Waals surface area contributed by atoms with E-state index in [0.717, 1.165) is 47.5 Å². The Kier molecular flexibility index (Phi) is 4.63. The van der Waals surface area contributed by atoms with Gasteiger partial charge in [-0.2, -0.15) is 0 Å². The van der Waals surface area contributed by atoms with Gasteiger partial charge in [-0.05, 0) is 37.0 Å². The van der Waals surface area contributed by atoms with E-state index in [0.29, 0.717) is 5.82 Å². The summed E-state index contributed by atoms with van der Waals surface area (Å²) in [5, 5.41) is 0. The summed E-state index contributed by atoms with van der Waals surface area (Å²) in [6.45, 7) is 4.99. The Hall–Kier alpha value is -3.14. The quantitative estimate of drug-likeness (QED) is 0.574. The number of nitrogens with two attached hydrogens (primary N) is 1. The lowest BCUT2D eigenvalue weighted by molar-refractivity contribution is 0.678. The number of fused-ring (bicyclic) bond motifs is 1. The number of nitrogens with zero attached hydrogens (tertiary/aromatic N) is 3. The lowest BCUT2D eigenvalue weighted by atomic mass is 10.1. The molecule has 2 aromatic heterocycles. The molecule has 0 aliphatic heterocycles. The minimum absolute atomic E-state index is 0.515. The van der Waals surface area contributed by atoms with Crippen molar-refractivity contribution in [2.75, 3.05) is 5.73 Å². The number of nitrogen functional groups attached to an aromatic ring is 1. The summed E-state index contributed by atoms with van der Waals surface area (Å²) in [4.78, 5) is 9.38. The zero-order valence-corrected chi connectivity index (χ0v) is 15.8. The number of rotatable bonds is 5. The summed E-state index contributed by atoms with van der Waals surface area (Å²) >= 11 is 0. The van der Waals surface area contributed by atoms with Gasteiger partial charge in [0.1, 0.15) is 11.3 Å². The Balaban J connectivity index is 1.80. The number of hydrogen-bond donors (Lipinski definition) is 1. The van der Waals surface area contributed by atoms with Gasteiger partial charge < -0.3 is 10.3 Å². The first-order valence-corrected chi connectivity index (χ1v) is 9.33. The van der Waals surface area contributed by atoms with Gasteiger partial charge in [0.05, 0.1) is 5.52 Å². The van der Waals surface area contributed by atoms with Gasteiger partial charge in [0.15, 0.2) is 5.82 Å². The van der Waals surface area contributed by atoms with E-state index in [4.69, 9.17) is 10.7 Å². The first-order chi connectivity index (χ1) is 13.1. The molecule has 4 nitrogen and oxygen atoms in total. The Bertz CT molecular complexity index is 1070. The molecule has 2 heterocycles. The third-order valence-electron chi connectivity index (χ3n) is 5.15. The van der Waals surface area contributed by atoms with E-state index >= 15 is 0 Å². The lowest BCUT2D eigenvalue weighted by Gasteiger charge is -2.12. The van der Waals surface area contributed by atoms with Crippen molar-refractivity contribution in [3.05, 3.63) is 88.9 Å². The molecule has 4 rings (SSSR count). The van der Waals surface area contributed by atoms with Crippen LogP contribution in [0.5, 0.6) is 0 Å². The van der Waals surface area contributed by atoms with E-state index in [-0.39, 0.29) is 0 Å². The van der Waals surface area contributed by atoms with Crippen molar-refractivity contribution >= 4 is 16.9 Å². The molecule has 0 spiro atoms. The average molecular weight is 356 g/mol. The summed E-state index contributed by atoms with van der Waals surface area (Å²) in [6.07, 6.45) is 1.73. The second-order valence-corrected chi connectivity index (χ2v) is 6.98. The Morgan fingerprint density at radius 3 is 2.15 bits per heavy atom. The van der Waals surface area contributed by atoms with Crippen LogP contribution in [0.4, 0.5) is 5.82 Å². The van der Waals surface area contributed by atoms with E-state index in [9.17, 15) is 0 Å². The molecule has 2 N–H and O–H groups in total. The number of imidazole rings is 1. The average Bonchev–Trinajstić information content (AvgIpc) is 3.05. The Labute approximate surface area is 159 Å². The fraction of sp³-hybridized carbons (Fsp3) is 0.217. The normalized spacial score (nSPS) is 11.2. The predicted octanol–water partition coefficient (Wildman–Crippen LogP) is 4.46. The van der Waals surface area contributed by atoms with Crippen LogP contribution in [0, 0.1) is 13.8 Å². The Morgan fingerprint density at radius 2 is 1.48 bits per heavy atom. The highest BCUT2D eigenvalue weighted by atomic mass is 15.1. The van der Waals surface area contributed by atoms with Crippen molar-refractivity contribution in [2.45, 2.75) is 33.2 Å². The van der Waals surface area contributed by atoms with E-state index in [2.05, 4.69) is 71.1 Å². The van der Waals surface area contributed by atoms with Gasteiger partial charge in [0.2, 0.25) is 0 Å². The summed E-state index contributed by atoms with van der Waals surface area (Å²) in [5.41, 5.74) is 12.8. The van der Waals surface area contributed by atoms with Gasteiger partial charge in [0, 0.05) is 18.7 Å². The highest BCUT2D eigenvalue weighted by Gasteiger charge is 2.17. The van der Waals surface area contributed by atoms with Crippen molar-refractivity contribution in [2.24, 2.45) is 0 Å². The van der Waals surface area contributed by atoms with Crippen LogP contribution in [0.15, 0.2) is 60.7 Å². The molecular weight excluding hydrogens is 332 g/mol. The van der Waals surface area contributed by atoms with Crippen molar-refractivity contribution in [1.82, 2.24) is 14.5 Å². The smallest absolute Gasteiger partial charge is 0.151 e. The molecule has 0 atom stereocenters. The van der Waals surface area contributed by atoms with E-state index in [1.165, 1.54) is 11.1 Å². The molecule has 27 heavy (non-hydrogen) atoms. The molecule has 0 aliphatic rings. The van der Waals surface area contributed by atoms with Gasteiger partial charge in [-0.1, -0.05) is 60.7 Å². The molecule has 0 bridgehead atoms. The molecule has 4 aromatic rings. The number of aryl methyl sites for hydroxylation is 4. The molecule has 0 radical (unpaired) electrons. The van der Waals surface area contributed by atoms with Gasteiger partial charge >= 0.3 is 0 Å². The molecule has 136 valence electrons. The fourth-order valence-electron chi connectivity index (χ4n) is 3.59. The first kappa shape index (κ1) is 17.3. The number of anilines is 1. The number of aromatic nitrogens is 3. The summed E-state index contributed by atoms with van der Waals surface area (Å²) in [7, 11) is 0. The molecule has 0 unspecified atom stereocenters. The number of benzene rings is 2. The second-order valence-electron chi connectivity index (χ2n) is 6.98. The van der Waals surface area contributed by atoms with Crippen LogP contribution in [0.25, 0.3) is 11.0 Å².